The molecule has 0 saturated heterocycles. The Bertz CT molecular complexity index is 1120. The molecule has 4 rings (SSSR count). The van der Waals surface area contributed by atoms with E-state index in [9.17, 15) is 9.59 Å². The van der Waals surface area contributed by atoms with Crippen LogP contribution in [0.2, 0.25) is 0 Å². The highest BCUT2D eigenvalue weighted by molar-refractivity contribution is 7.18. The fraction of sp³-hybridized carbons (Fsp3) is 0.423. The smallest absolute Gasteiger partial charge is 0.317 e. The number of aryl methyl sites for hydroxylation is 2. The number of urea groups is 1. The number of aromatic nitrogens is 1. The van der Waals surface area contributed by atoms with Crippen LogP contribution >= 0.6 is 11.3 Å². The van der Waals surface area contributed by atoms with Gasteiger partial charge in [-0.3, -0.25) is 4.79 Å². The van der Waals surface area contributed by atoms with Gasteiger partial charge in [0.05, 0.1) is 21.8 Å². The molecule has 2 amide bonds. The maximum absolute atomic E-state index is 12.4. The lowest BCUT2D eigenvalue weighted by atomic mass is 10.0. The van der Waals surface area contributed by atoms with Gasteiger partial charge < -0.3 is 15.0 Å². The Morgan fingerprint density at radius 3 is 2.85 bits per heavy atom. The first-order valence-electron chi connectivity index (χ1n) is 11.6. The average Bonchev–Trinajstić information content (AvgIpc) is 3.57. The molecule has 0 bridgehead atoms. The zero-order valence-corrected chi connectivity index (χ0v) is 20.1. The van der Waals surface area contributed by atoms with Gasteiger partial charge in [-0.2, -0.15) is 0 Å². The van der Waals surface area contributed by atoms with Crippen molar-refractivity contribution in [2.24, 2.45) is 0 Å². The number of amides is 2. The molecule has 1 fully saturated rings. The minimum Gasteiger partial charge on any atom is -0.464 e. The Kier molecular flexibility index (Phi) is 7.60. The van der Waals surface area contributed by atoms with Gasteiger partial charge in [-0.05, 0) is 67.3 Å². The van der Waals surface area contributed by atoms with Crippen LogP contribution in [0.25, 0.3) is 10.2 Å². The van der Waals surface area contributed by atoms with E-state index in [1.807, 2.05) is 12.1 Å². The van der Waals surface area contributed by atoms with E-state index < -0.39 is 0 Å². The molecule has 0 aliphatic heterocycles. The van der Waals surface area contributed by atoms with Crippen molar-refractivity contribution < 1.29 is 14.3 Å². The van der Waals surface area contributed by atoms with Gasteiger partial charge in [-0.1, -0.05) is 30.3 Å². The van der Waals surface area contributed by atoms with Crippen LogP contribution in [0.15, 0.2) is 42.5 Å². The molecule has 0 spiro atoms. The molecule has 1 aromatic heterocycles. The summed E-state index contributed by atoms with van der Waals surface area (Å²) in [5.74, 6) is 0.410. The maximum atomic E-state index is 12.4. The Hall–Kier alpha value is -2.93. The number of nitrogens with zero attached hydrogens (tertiary/aromatic N) is 2. The highest BCUT2D eigenvalue weighted by atomic mass is 32.1. The summed E-state index contributed by atoms with van der Waals surface area (Å²) in [4.78, 5) is 30.6. The monoisotopic (exact) mass is 465 g/mol. The summed E-state index contributed by atoms with van der Waals surface area (Å²) in [6.07, 6.45) is 4.28. The molecule has 6 nitrogen and oxygen atoms in total. The highest BCUT2D eigenvalue weighted by Crippen LogP contribution is 2.41. The van der Waals surface area contributed by atoms with E-state index in [1.165, 1.54) is 34.2 Å². The second-order valence-electron chi connectivity index (χ2n) is 8.71. The van der Waals surface area contributed by atoms with E-state index in [0.29, 0.717) is 31.8 Å². The van der Waals surface area contributed by atoms with E-state index >= 15 is 0 Å². The standard InChI is InChI=1S/C26H31N3O3S/c1-18-10-13-22-23(16-18)33-24(28-22)8-5-9-25(30)32-15-14-29(2)26(31)27-17-20-6-3-4-7-21(20)19-11-12-19/h3-4,6-7,10,13,16,19H,5,8-9,11-12,14-15,17H2,1-2H3,(H,27,31). The summed E-state index contributed by atoms with van der Waals surface area (Å²) >= 11 is 1.68. The molecule has 3 aromatic rings. The third-order valence-corrected chi connectivity index (χ3v) is 6.98. The molecular weight excluding hydrogens is 434 g/mol. The second kappa shape index (κ2) is 10.8. The van der Waals surface area contributed by atoms with E-state index in [-0.39, 0.29) is 18.6 Å². The average molecular weight is 466 g/mol. The Morgan fingerprint density at radius 2 is 2.03 bits per heavy atom. The van der Waals surface area contributed by atoms with Crippen LogP contribution in [0, 0.1) is 6.92 Å². The first-order valence-corrected chi connectivity index (χ1v) is 12.4. The summed E-state index contributed by atoms with van der Waals surface area (Å²) in [7, 11) is 1.71. The number of esters is 1. The molecule has 0 unspecified atom stereocenters. The van der Waals surface area contributed by atoms with Gasteiger partial charge in [0.2, 0.25) is 0 Å². The predicted octanol–water partition coefficient (Wildman–Crippen LogP) is 5.19. The molecule has 1 heterocycles. The highest BCUT2D eigenvalue weighted by Gasteiger charge is 2.25. The SMILES string of the molecule is Cc1ccc2nc(CCCC(=O)OCCN(C)C(=O)NCc3ccccc3C3CC3)sc2c1. The van der Waals surface area contributed by atoms with Crippen LogP contribution < -0.4 is 5.32 Å². The number of fused-ring (bicyclic) bond motifs is 1. The van der Waals surface area contributed by atoms with Crippen molar-refractivity contribution in [2.45, 2.75) is 51.5 Å². The summed E-state index contributed by atoms with van der Waals surface area (Å²) in [6.45, 7) is 3.14. The number of thiazole rings is 1. The Morgan fingerprint density at radius 1 is 1.21 bits per heavy atom. The topological polar surface area (TPSA) is 71.5 Å². The molecule has 0 radical (unpaired) electrons. The molecule has 0 atom stereocenters. The third-order valence-electron chi connectivity index (χ3n) is 5.90. The Balaban J connectivity index is 1.12. The summed E-state index contributed by atoms with van der Waals surface area (Å²) in [5.41, 5.74) is 4.76. The van der Waals surface area contributed by atoms with Crippen molar-refractivity contribution in [2.75, 3.05) is 20.2 Å². The fourth-order valence-electron chi connectivity index (χ4n) is 3.83. The van der Waals surface area contributed by atoms with Gasteiger partial charge in [0, 0.05) is 20.0 Å². The van der Waals surface area contributed by atoms with Gasteiger partial charge >= 0.3 is 12.0 Å². The minimum atomic E-state index is -0.237. The zero-order chi connectivity index (χ0) is 23.2. The van der Waals surface area contributed by atoms with Crippen molar-refractivity contribution >= 4 is 33.6 Å². The number of rotatable bonds is 10. The fourth-order valence-corrected chi connectivity index (χ4v) is 4.94. The van der Waals surface area contributed by atoms with Crippen molar-refractivity contribution in [3.05, 3.63) is 64.2 Å². The normalized spacial score (nSPS) is 13.2. The minimum absolute atomic E-state index is 0.164. The van der Waals surface area contributed by atoms with E-state index in [2.05, 4.69) is 47.6 Å². The summed E-state index contributed by atoms with van der Waals surface area (Å²) in [6, 6.07) is 14.4. The first-order chi connectivity index (χ1) is 16.0. The van der Waals surface area contributed by atoms with Crippen LogP contribution in [-0.4, -0.2) is 42.1 Å². The summed E-state index contributed by atoms with van der Waals surface area (Å²) < 4.78 is 6.50. The number of likely N-dealkylation sites (N-methyl/N-ethyl adjacent to an activating group) is 1. The second-order valence-corrected chi connectivity index (χ2v) is 9.82. The molecule has 1 saturated carbocycles. The van der Waals surface area contributed by atoms with Crippen LogP contribution in [0.4, 0.5) is 4.79 Å². The molecule has 174 valence electrons. The van der Waals surface area contributed by atoms with E-state index in [0.717, 1.165) is 16.9 Å². The number of benzene rings is 2. The number of carbonyl (C=O) groups excluding carboxylic acids is 2. The van der Waals surface area contributed by atoms with Gasteiger partial charge in [-0.15, -0.1) is 11.3 Å². The van der Waals surface area contributed by atoms with E-state index in [1.54, 1.807) is 23.3 Å². The van der Waals surface area contributed by atoms with Crippen molar-refractivity contribution in [1.82, 2.24) is 15.2 Å². The largest absolute Gasteiger partial charge is 0.464 e. The van der Waals surface area contributed by atoms with Gasteiger partial charge in [0.1, 0.15) is 6.61 Å². The molecule has 2 aromatic carbocycles. The lowest BCUT2D eigenvalue weighted by molar-refractivity contribution is -0.143. The summed E-state index contributed by atoms with van der Waals surface area (Å²) in [5, 5.41) is 4.01. The predicted molar refractivity (Wildman–Crippen MR) is 132 cm³/mol. The van der Waals surface area contributed by atoms with Crippen LogP contribution in [0.1, 0.15) is 53.3 Å². The van der Waals surface area contributed by atoms with Crippen LogP contribution in [0.5, 0.6) is 0 Å². The first kappa shape index (κ1) is 23.2. The van der Waals surface area contributed by atoms with Gasteiger partial charge in [0.15, 0.2) is 0 Å². The maximum Gasteiger partial charge on any atom is 0.317 e. The van der Waals surface area contributed by atoms with E-state index in [4.69, 9.17) is 4.74 Å². The van der Waals surface area contributed by atoms with Gasteiger partial charge in [-0.25, -0.2) is 9.78 Å². The van der Waals surface area contributed by atoms with Crippen molar-refractivity contribution in [3.63, 3.8) is 0 Å². The molecule has 33 heavy (non-hydrogen) atoms. The number of ether oxygens (including phenoxy) is 1. The van der Waals surface area contributed by atoms with Gasteiger partial charge in [0.25, 0.3) is 0 Å². The lowest BCUT2D eigenvalue weighted by Crippen LogP contribution is -2.39. The van der Waals surface area contributed by atoms with Crippen LogP contribution in [-0.2, 0) is 22.5 Å². The van der Waals surface area contributed by atoms with Crippen molar-refractivity contribution in [3.8, 4) is 0 Å². The molecule has 7 heteroatoms. The number of hydrogen-bond acceptors (Lipinski definition) is 5. The van der Waals surface area contributed by atoms with Crippen LogP contribution in [0.3, 0.4) is 0 Å². The number of hydrogen-bond donors (Lipinski definition) is 1. The number of nitrogens with one attached hydrogen (secondary N) is 1. The third kappa shape index (κ3) is 6.54. The van der Waals surface area contributed by atoms with Crippen molar-refractivity contribution in [1.29, 1.82) is 0 Å². The lowest BCUT2D eigenvalue weighted by Gasteiger charge is -2.18. The quantitative estimate of drug-likeness (QED) is 0.418. The molecule has 1 N–H and O–H groups in total. The zero-order valence-electron chi connectivity index (χ0n) is 19.3. The molecule has 1 aliphatic rings. The molecule has 1 aliphatic carbocycles. The molecular formula is C26H31N3O3S. The number of carbonyl (C=O) groups is 2. The Labute approximate surface area is 199 Å².